The van der Waals surface area contributed by atoms with Crippen molar-refractivity contribution in [2.75, 3.05) is 13.7 Å². The molecule has 19 heavy (non-hydrogen) atoms. The highest BCUT2D eigenvalue weighted by Gasteiger charge is 2.24. The number of esters is 1. The molecule has 0 aromatic rings. The van der Waals surface area contributed by atoms with E-state index in [1.165, 1.54) is 7.11 Å². The summed E-state index contributed by atoms with van der Waals surface area (Å²) in [5.74, 6) is 0.0714. The van der Waals surface area contributed by atoms with Gasteiger partial charge in [0, 0.05) is 24.9 Å². The van der Waals surface area contributed by atoms with Crippen LogP contribution in [0, 0.1) is 5.92 Å². The number of carbonyl (C=O) groups excluding carboxylic acids is 2. The second-order valence-corrected chi connectivity index (χ2v) is 5.30. The van der Waals surface area contributed by atoms with Crippen molar-refractivity contribution in [1.82, 2.24) is 5.32 Å². The molecule has 0 aliphatic heterocycles. The second-order valence-electron chi connectivity index (χ2n) is 5.30. The molecule has 1 fully saturated rings. The maximum Gasteiger partial charge on any atom is 0.305 e. The van der Waals surface area contributed by atoms with E-state index in [1.807, 2.05) is 0 Å². The van der Waals surface area contributed by atoms with Crippen molar-refractivity contribution in [3.8, 4) is 0 Å². The van der Waals surface area contributed by atoms with Crippen LogP contribution in [0.5, 0.6) is 0 Å². The summed E-state index contributed by atoms with van der Waals surface area (Å²) in [5, 5.41) is 2.96. The molecule has 0 radical (unpaired) electrons. The van der Waals surface area contributed by atoms with Gasteiger partial charge in [-0.05, 0) is 32.1 Å². The topological polar surface area (TPSA) is 81.4 Å². The standard InChI is InChI=1S/C14H26N2O3/c1-19-13(17)8-3-2-4-9-16-14(18)11-6-5-7-12(15)10-11/h11-12H,2-10,15H2,1H3,(H,16,18). The Morgan fingerprint density at radius 3 is 2.74 bits per heavy atom. The molecular formula is C14H26N2O3. The summed E-state index contributed by atoms with van der Waals surface area (Å²) in [5.41, 5.74) is 5.88. The minimum Gasteiger partial charge on any atom is -0.469 e. The first-order valence-corrected chi connectivity index (χ1v) is 7.23. The molecule has 0 heterocycles. The fourth-order valence-electron chi connectivity index (χ4n) is 2.49. The number of amides is 1. The third kappa shape index (κ3) is 6.57. The first-order valence-electron chi connectivity index (χ1n) is 7.23. The van der Waals surface area contributed by atoms with Gasteiger partial charge in [0.15, 0.2) is 0 Å². The van der Waals surface area contributed by atoms with Crippen LogP contribution in [0.1, 0.15) is 51.4 Å². The van der Waals surface area contributed by atoms with Crippen molar-refractivity contribution in [1.29, 1.82) is 0 Å². The molecule has 0 spiro atoms. The van der Waals surface area contributed by atoms with Crippen molar-refractivity contribution >= 4 is 11.9 Å². The average Bonchev–Trinajstić information content (AvgIpc) is 2.42. The molecule has 1 amide bonds. The number of nitrogens with one attached hydrogen (secondary N) is 1. The maximum absolute atomic E-state index is 11.9. The Labute approximate surface area is 115 Å². The number of hydrogen-bond acceptors (Lipinski definition) is 4. The van der Waals surface area contributed by atoms with Gasteiger partial charge in [-0.1, -0.05) is 12.8 Å². The number of nitrogens with two attached hydrogens (primary N) is 1. The van der Waals surface area contributed by atoms with Crippen LogP contribution in [0.25, 0.3) is 0 Å². The average molecular weight is 270 g/mol. The van der Waals surface area contributed by atoms with E-state index in [0.717, 1.165) is 44.9 Å². The zero-order valence-corrected chi connectivity index (χ0v) is 11.8. The Morgan fingerprint density at radius 2 is 2.05 bits per heavy atom. The first kappa shape index (κ1) is 16.0. The summed E-state index contributed by atoms with van der Waals surface area (Å²) in [6.07, 6.45) is 6.98. The van der Waals surface area contributed by atoms with Gasteiger partial charge in [-0.3, -0.25) is 9.59 Å². The van der Waals surface area contributed by atoms with Crippen molar-refractivity contribution < 1.29 is 14.3 Å². The van der Waals surface area contributed by atoms with Gasteiger partial charge in [0.1, 0.15) is 0 Å². The molecule has 1 aliphatic carbocycles. The van der Waals surface area contributed by atoms with Crippen LogP contribution in [-0.2, 0) is 14.3 Å². The van der Waals surface area contributed by atoms with Crippen molar-refractivity contribution in [3.63, 3.8) is 0 Å². The second kappa shape index (κ2) is 8.91. The van der Waals surface area contributed by atoms with Crippen LogP contribution in [-0.4, -0.2) is 31.6 Å². The molecule has 110 valence electrons. The van der Waals surface area contributed by atoms with Gasteiger partial charge in [0.25, 0.3) is 0 Å². The Bertz CT molecular complexity index is 294. The molecular weight excluding hydrogens is 244 g/mol. The predicted molar refractivity (Wildman–Crippen MR) is 73.4 cm³/mol. The Hall–Kier alpha value is -1.10. The SMILES string of the molecule is COC(=O)CCCCCNC(=O)C1CCCC(N)C1. The smallest absolute Gasteiger partial charge is 0.305 e. The summed E-state index contributed by atoms with van der Waals surface area (Å²) in [7, 11) is 1.40. The summed E-state index contributed by atoms with van der Waals surface area (Å²) < 4.78 is 4.56. The number of rotatable bonds is 7. The van der Waals surface area contributed by atoms with Gasteiger partial charge in [0.05, 0.1) is 7.11 Å². The zero-order valence-electron chi connectivity index (χ0n) is 11.8. The van der Waals surface area contributed by atoms with Crippen molar-refractivity contribution in [3.05, 3.63) is 0 Å². The lowest BCUT2D eigenvalue weighted by atomic mass is 9.85. The molecule has 0 aromatic carbocycles. The molecule has 0 aromatic heterocycles. The van der Waals surface area contributed by atoms with E-state index in [2.05, 4.69) is 10.1 Å². The highest BCUT2D eigenvalue weighted by Crippen LogP contribution is 2.23. The molecule has 0 bridgehead atoms. The van der Waals surface area contributed by atoms with Crippen LogP contribution in [0.3, 0.4) is 0 Å². The molecule has 2 atom stereocenters. The lowest BCUT2D eigenvalue weighted by molar-refractivity contribution is -0.140. The highest BCUT2D eigenvalue weighted by molar-refractivity contribution is 5.78. The molecule has 1 rings (SSSR count). The van der Waals surface area contributed by atoms with E-state index >= 15 is 0 Å². The number of methoxy groups -OCH3 is 1. The lowest BCUT2D eigenvalue weighted by Crippen LogP contribution is -2.38. The van der Waals surface area contributed by atoms with Crippen LogP contribution in [0.2, 0.25) is 0 Å². The number of hydrogen-bond donors (Lipinski definition) is 2. The minimum absolute atomic E-state index is 0.0961. The molecule has 1 saturated carbocycles. The van der Waals surface area contributed by atoms with Crippen molar-refractivity contribution in [2.24, 2.45) is 11.7 Å². The quantitative estimate of drug-likeness (QED) is 0.540. The van der Waals surface area contributed by atoms with E-state index in [9.17, 15) is 9.59 Å². The minimum atomic E-state index is -0.166. The van der Waals surface area contributed by atoms with Crippen LogP contribution < -0.4 is 11.1 Å². The van der Waals surface area contributed by atoms with E-state index in [1.54, 1.807) is 0 Å². The van der Waals surface area contributed by atoms with E-state index < -0.39 is 0 Å². The summed E-state index contributed by atoms with van der Waals surface area (Å²) in [6.45, 7) is 0.686. The molecule has 0 saturated heterocycles. The lowest BCUT2D eigenvalue weighted by Gasteiger charge is -2.25. The molecule has 1 aliphatic rings. The normalized spacial score (nSPS) is 22.8. The van der Waals surface area contributed by atoms with Crippen molar-refractivity contribution in [2.45, 2.75) is 57.4 Å². The van der Waals surface area contributed by atoms with Gasteiger partial charge in [-0.2, -0.15) is 0 Å². The van der Waals surface area contributed by atoms with Gasteiger partial charge in [0.2, 0.25) is 5.91 Å². The largest absolute Gasteiger partial charge is 0.469 e. The Morgan fingerprint density at radius 1 is 1.26 bits per heavy atom. The monoisotopic (exact) mass is 270 g/mol. The molecule has 2 unspecified atom stereocenters. The summed E-state index contributed by atoms with van der Waals surface area (Å²) in [6, 6.07) is 0.185. The molecule has 5 nitrogen and oxygen atoms in total. The third-order valence-corrected chi connectivity index (χ3v) is 3.67. The van der Waals surface area contributed by atoms with E-state index in [0.29, 0.717) is 13.0 Å². The Balaban J connectivity index is 2.02. The Kier molecular flexibility index (Phi) is 7.48. The fraction of sp³-hybridized carbons (Fsp3) is 0.857. The number of carbonyl (C=O) groups is 2. The summed E-state index contributed by atoms with van der Waals surface area (Å²) >= 11 is 0. The van der Waals surface area contributed by atoms with Gasteiger partial charge in [-0.15, -0.1) is 0 Å². The third-order valence-electron chi connectivity index (χ3n) is 3.67. The van der Waals surface area contributed by atoms with Gasteiger partial charge < -0.3 is 15.8 Å². The van der Waals surface area contributed by atoms with E-state index in [4.69, 9.17) is 5.73 Å². The summed E-state index contributed by atoms with van der Waals surface area (Å²) in [4.78, 5) is 22.8. The van der Waals surface area contributed by atoms with Gasteiger partial charge >= 0.3 is 5.97 Å². The van der Waals surface area contributed by atoms with Crippen LogP contribution in [0.15, 0.2) is 0 Å². The van der Waals surface area contributed by atoms with E-state index in [-0.39, 0.29) is 23.8 Å². The number of ether oxygens (including phenoxy) is 1. The highest BCUT2D eigenvalue weighted by atomic mass is 16.5. The van der Waals surface area contributed by atoms with Gasteiger partial charge in [-0.25, -0.2) is 0 Å². The first-order chi connectivity index (χ1) is 9.13. The molecule has 3 N–H and O–H groups in total. The van der Waals surface area contributed by atoms with Crippen LogP contribution >= 0.6 is 0 Å². The number of unbranched alkanes of at least 4 members (excludes halogenated alkanes) is 2. The molecule has 5 heteroatoms. The predicted octanol–water partition coefficient (Wildman–Crippen LogP) is 1.35. The fourth-order valence-corrected chi connectivity index (χ4v) is 2.49. The maximum atomic E-state index is 11.9. The zero-order chi connectivity index (χ0) is 14.1. The van der Waals surface area contributed by atoms with Crippen LogP contribution in [0.4, 0.5) is 0 Å².